The van der Waals surface area contributed by atoms with Gasteiger partial charge in [0, 0.05) is 22.7 Å². The van der Waals surface area contributed by atoms with Gasteiger partial charge in [-0.15, -0.1) is 0 Å². The average molecular weight is 816 g/mol. The SMILES string of the molecule is [2H]c1ccc2c(oc3cccc(N(c4ccc(-c5cccc(C6c7ccccc7-c7ccccc76)c5)cc4)c4ccc5c(c4)C4(c6ccccc6-c6ccccc64)c4ccccc4-5)c32)c1[2H]. The van der Waals surface area contributed by atoms with Crippen LogP contribution in [0.25, 0.3) is 66.4 Å². The van der Waals surface area contributed by atoms with Gasteiger partial charge < -0.3 is 9.32 Å². The monoisotopic (exact) mass is 815 g/mol. The Morgan fingerprint density at radius 1 is 0.422 bits per heavy atom. The maximum absolute atomic E-state index is 8.84. The van der Waals surface area contributed by atoms with E-state index in [-0.39, 0.29) is 18.0 Å². The van der Waals surface area contributed by atoms with Crippen LogP contribution in [-0.2, 0) is 5.41 Å². The first-order chi connectivity index (χ1) is 32.6. The van der Waals surface area contributed by atoms with Gasteiger partial charge in [-0.05, 0) is 126 Å². The summed E-state index contributed by atoms with van der Waals surface area (Å²) in [5, 5.41) is 1.73. The lowest BCUT2D eigenvalue weighted by Gasteiger charge is -2.32. The molecule has 10 aromatic carbocycles. The Hall–Kier alpha value is -8.20. The van der Waals surface area contributed by atoms with Crippen molar-refractivity contribution in [3.05, 3.63) is 269 Å². The van der Waals surface area contributed by atoms with Crippen molar-refractivity contribution in [2.75, 3.05) is 4.90 Å². The zero-order valence-corrected chi connectivity index (χ0v) is 34.7. The maximum atomic E-state index is 8.84. The zero-order valence-electron chi connectivity index (χ0n) is 36.7. The molecular weight excluding hydrogens is 775 g/mol. The molecule has 298 valence electrons. The van der Waals surface area contributed by atoms with Gasteiger partial charge in [0.15, 0.2) is 0 Å². The first-order valence-electron chi connectivity index (χ1n) is 23.1. The molecule has 3 aliphatic rings. The Bertz CT molecular complexity index is 3720. The van der Waals surface area contributed by atoms with Crippen molar-refractivity contribution in [3.63, 3.8) is 0 Å². The lowest BCUT2D eigenvalue weighted by Crippen LogP contribution is -2.26. The van der Waals surface area contributed by atoms with Crippen molar-refractivity contribution in [1.29, 1.82) is 0 Å². The number of fused-ring (bicyclic) bond motifs is 16. The minimum Gasteiger partial charge on any atom is -0.456 e. The molecule has 0 saturated carbocycles. The van der Waals surface area contributed by atoms with Crippen LogP contribution in [0.5, 0.6) is 0 Å². The van der Waals surface area contributed by atoms with Crippen molar-refractivity contribution in [1.82, 2.24) is 0 Å². The van der Waals surface area contributed by atoms with E-state index >= 15 is 0 Å². The van der Waals surface area contributed by atoms with E-state index in [1.807, 2.05) is 18.2 Å². The van der Waals surface area contributed by atoms with Gasteiger partial charge >= 0.3 is 0 Å². The van der Waals surface area contributed by atoms with Gasteiger partial charge in [0.05, 0.1) is 19.2 Å². The third kappa shape index (κ3) is 4.80. The Morgan fingerprint density at radius 2 is 1.00 bits per heavy atom. The third-order valence-electron chi connectivity index (χ3n) is 14.2. The number of hydrogen-bond acceptors (Lipinski definition) is 2. The highest BCUT2D eigenvalue weighted by atomic mass is 16.3. The summed E-state index contributed by atoms with van der Waals surface area (Å²) in [5.74, 6) is 0.167. The van der Waals surface area contributed by atoms with E-state index in [1.165, 1.54) is 77.9 Å². The molecule has 14 rings (SSSR count). The van der Waals surface area contributed by atoms with E-state index in [0.717, 1.165) is 33.4 Å². The maximum Gasteiger partial charge on any atom is 0.137 e. The summed E-state index contributed by atoms with van der Waals surface area (Å²) in [5.41, 5.74) is 22.6. The first kappa shape index (κ1) is 33.4. The van der Waals surface area contributed by atoms with Crippen molar-refractivity contribution < 1.29 is 7.16 Å². The molecule has 1 heterocycles. The fourth-order valence-corrected chi connectivity index (χ4v) is 11.7. The number of furan rings is 1. The molecule has 0 N–H and O–H groups in total. The second kappa shape index (κ2) is 13.4. The second-order valence-electron chi connectivity index (χ2n) is 17.3. The fraction of sp³-hybridized carbons (Fsp3) is 0.0323. The molecule has 2 nitrogen and oxygen atoms in total. The Labute approximate surface area is 374 Å². The molecule has 1 spiro atoms. The molecule has 0 atom stereocenters. The standard InChI is InChI=1S/C62H39NO/c1-3-22-50-44(17-1)45-18-2-4-23-51(45)60(50)41-16-13-15-40(37-41)39-31-33-42(34-32-39)63(57-28-14-30-59-61(57)52-24-8-12-29-58(52)64-59)43-35-36-49-48-21-7-11-27-55(48)62(56(49)38-43)53-25-9-5-19-46(53)47-20-6-10-26-54(47)62/h1-38,60H/i12D,29D. The molecule has 0 radical (unpaired) electrons. The van der Waals surface area contributed by atoms with E-state index in [4.69, 9.17) is 7.16 Å². The van der Waals surface area contributed by atoms with Crippen LogP contribution in [0.1, 0.15) is 47.6 Å². The van der Waals surface area contributed by atoms with E-state index in [1.54, 1.807) is 6.07 Å². The first-order valence-corrected chi connectivity index (χ1v) is 22.1. The summed E-state index contributed by atoms with van der Waals surface area (Å²) in [4.78, 5) is 2.35. The van der Waals surface area contributed by atoms with Crippen LogP contribution in [0.4, 0.5) is 17.1 Å². The largest absolute Gasteiger partial charge is 0.456 e. The van der Waals surface area contributed by atoms with Gasteiger partial charge in [0.1, 0.15) is 11.2 Å². The highest BCUT2D eigenvalue weighted by molar-refractivity contribution is 6.13. The van der Waals surface area contributed by atoms with Gasteiger partial charge in [0.25, 0.3) is 0 Å². The molecule has 3 aliphatic carbocycles. The summed E-state index contributed by atoms with van der Waals surface area (Å²) >= 11 is 0. The molecule has 0 unspecified atom stereocenters. The molecule has 64 heavy (non-hydrogen) atoms. The normalized spacial score (nSPS) is 14.1. The van der Waals surface area contributed by atoms with Crippen LogP contribution in [0, 0.1) is 0 Å². The van der Waals surface area contributed by atoms with Crippen LogP contribution < -0.4 is 4.90 Å². The molecule has 0 aliphatic heterocycles. The predicted molar refractivity (Wildman–Crippen MR) is 263 cm³/mol. The average Bonchev–Trinajstić information content (AvgIpc) is 4.10. The lowest BCUT2D eigenvalue weighted by atomic mass is 9.70. The molecule has 11 aromatic rings. The molecule has 1 aromatic heterocycles. The Morgan fingerprint density at radius 3 is 1.67 bits per heavy atom. The number of anilines is 3. The number of rotatable bonds is 5. The summed E-state index contributed by atoms with van der Waals surface area (Å²) in [6, 6.07) is 79.5. The van der Waals surface area contributed by atoms with Crippen molar-refractivity contribution in [2.24, 2.45) is 0 Å². The third-order valence-corrected chi connectivity index (χ3v) is 14.2. The topological polar surface area (TPSA) is 16.4 Å². The van der Waals surface area contributed by atoms with Crippen molar-refractivity contribution in [2.45, 2.75) is 11.3 Å². The van der Waals surface area contributed by atoms with E-state index < -0.39 is 5.41 Å². The Kier molecular flexibility index (Phi) is 7.00. The smallest absolute Gasteiger partial charge is 0.137 e. The quantitative estimate of drug-likeness (QED) is 0.172. The summed E-state index contributed by atoms with van der Waals surface area (Å²) in [6.45, 7) is 0. The molecule has 0 amide bonds. The molecule has 0 saturated heterocycles. The summed E-state index contributed by atoms with van der Waals surface area (Å²) in [7, 11) is 0. The molecule has 2 heteroatoms. The van der Waals surface area contributed by atoms with Crippen LogP contribution in [0.3, 0.4) is 0 Å². The number of hydrogen-bond donors (Lipinski definition) is 0. The molecule has 0 bridgehead atoms. The van der Waals surface area contributed by atoms with Crippen LogP contribution in [0.2, 0.25) is 0 Å². The summed E-state index contributed by atoms with van der Waals surface area (Å²) < 4.78 is 23.7. The second-order valence-corrected chi connectivity index (χ2v) is 17.3. The van der Waals surface area contributed by atoms with E-state index in [0.29, 0.717) is 11.2 Å². The predicted octanol–water partition coefficient (Wildman–Crippen LogP) is 16.2. The van der Waals surface area contributed by atoms with Gasteiger partial charge in [0.2, 0.25) is 0 Å². The van der Waals surface area contributed by atoms with Crippen LogP contribution >= 0.6 is 0 Å². The number of benzene rings is 10. The molecular formula is C62H39NO. The Balaban J connectivity index is 0.961. The van der Waals surface area contributed by atoms with Crippen LogP contribution in [0.15, 0.2) is 235 Å². The minimum atomic E-state index is -0.505. The lowest BCUT2D eigenvalue weighted by molar-refractivity contribution is 0.669. The van der Waals surface area contributed by atoms with Gasteiger partial charge in [-0.25, -0.2) is 0 Å². The number of nitrogens with zero attached hydrogens (tertiary/aromatic N) is 1. The summed E-state index contributed by atoms with van der Waals surface area (Å²) in [6.07, 6.45) is 0. The van der Waals surface area contributed by atoms with E-state index in [2.05, 4.69) is 199 Å². The van der Waals surface area contributed by atoms with Gasteiger partial charge in [-0.3, -0.25) is 0 Å². The zero-order chi connectivity index (χ0) is 43.7. The minimum absolute atomic E-state index is 0.0909. The fourth-order valence-electron chi connectivity index (χ4n) is 11.7. The van der Waals surface area contributed by atoms with Crippen LogP contribution in [-0.4, -0.2) is 0 Å². The van der Waals surface area contributed by atoms with Gasteiger partial charge in [-0.2, -0.15) is 0 Å². The number of para-hydroxylation sites is 1. The highest BCUT2D eigenvalue weighted by Gasteiger charge is 2.51. The van der Waals surface area contributed by atoms with Gasteiger partial charge in [-0.1, -0.05) is 188 Å². The van der Waals surface area contributed by atoms with Crippen molar-refractivity contribution >= 4 is 39.0 Å². The van der Waals surface area contributed by atoms with Crippen molar-refractivity contribution in [3.8, 4) is 44.5 Å². The highest BCUT2D eigenvalue weighted by Crippen LogP contribution is 2.63. The van der Waals surface area contributed by atoms with E-state index in [9.17, 15) is 0 Å². The molecule has 0 fully saturated rings.